The van der Waals surface area contributed by atoms with E-state index in [-0.39, 0.29) is 16.8 Å². The van der Waals surface area contributed by atoms with Crippen LogP contribution in [0.3, 0.4) is 0 Å². The van der Waals surface area contributed by atoms with Gasteiger partial charge in [0.1, 0.15) is 0 Å². The zero-order valence-corrected chi connectivity index (χ0v) is 11.4. The van der Waals surface area contributed by atoms with Crippen LogP contribution in [0.5, 0.6) is 0 Å². The fourth-order valence-electron chi connectivity index (χ4n) is 1.79. The highest BCUT2D eigenvalue weighted by Crippen LogP contribution is 2.31. The van der Waals surface area contributed by atoms with E-state index in [1.165, 1.54) is 0 Å². The monoisotopic (exact) mass is 266 g/mol. The molecule has 1 saturated heterocycles. The van der Waals surface area contributed by atoms with E-state index < -0.39 is 0 Å². The van der Waals surface area contributed by atoms with Gasteiger partial charge in [0, 0.05) is 16.7 Å². The van der Waals surface area contributed by atoms with E-state index in [4.69, 9.17) is 27.4 Å². The predicted octanol–water partition coefficient (Wildman–Crippen LogP) is 2.41. The van der Waals surface area contributed by atoms with Crippen molar-refractivity contribution >= 4 is 23.0 Å². The molecule has 1 aliphatic heterocycles. The molecule has 1 heterocycles. The predicted molar refractivity (Wildman–Crippen MR) is 75.3 cm³/mol. The minimum absolute atomic E-state index is 0.0746. The van der Waals surface area contributed by atoms with E-state index in [0.29, 0.717) is 13.2 Å². The van der Waals surface area contributed by atoms with Gasteiger partial charge in [-0.1, -0.05) is 26.0 Å². The van der Waals surface area contributed by atoms with Crippen LogP contribution in [0.2, 0.25) is 0 Å². The Morgan fingerprint density at radius 3 is 2.67 bits per heavy atom. The molecule has 0 spiro atoms. The average Bonchev–Trinajstić information content (AvgIpc) is 2.28. The van der Waals surface area contributed by atoms with Gasteiger partial charge in [0.25, 0.3) is 0 Å². The number of anilines is 1. The minimum atomic E-state index is -0.314. The molecule has 2 rings (SSSR count). The third-order valence-corrected chi connectivity index (χ3v) is 2.78. The minimum Gasteiger partial charge on any atom is -0.376 e. The van der Waals surface area contributed by atoms with Crippen LogP contribution >= 0.6 is 12.2 Å². The first-order valence-electron chi connectivity index (χ1n) is 5.86. The second-order valence-electron chi connectivity index (χ2n) is 5.23. The summed E-state index contributed by atoms with van der Waals surface area (Å²) in [5.41, 5.74) is 7.33. The quantitative estimate of drug-likeness (QED) is 0.805. The van der Waals surface area contributed by atoms with Gasteiger partial charge in [0.15, 0.2) is 11.4 Å². The van der Waals surface area contributed by atoms with Crippen molar-refractivity contribution in [1.29, 1.82) is 0 Å². The van der Waals surface area contributed by atoms with Gasteiger partial charge < -0.3 is 20.5 Å². The molecule has 0 aliphatic carbocycles. The Kier molecular flexibility index (Phi) is 3.85. The molecule has 0 bridgehead atoms. The third kappa shape index (κ3) is 3.41. The van der Waals surface area contributed by atoms with Crippen LogP contribution in [0, 0.1) is 5.41 Å². The van der Waals surface area contributed by atoms with Crippen LogP contribution in [-0.2, 0) is 9.47 Å². The highest BCUT2D eigenvalue weighted by atomic mass is 32.1. The maximum absolute atomic E-state index is 5.73. The number of rotatable bonds is 2. The second-order valence-corrected chi connectivity index (χ2v) is 5.67. The number of hydrogen-bond donors (Lipinski definition) is 2. The molecule has 1 aromatic carbocycles. The molecule has 0 unspecified atom stereocenters. The standard InChI is InChI=1S/C13H18N2O2S/c1-13(2)7-16-11(17-8-13)9-4-3-5-10(6-9)15-12(14)18/h3-6,11H,7-8H2,1-2H3,(H3,14,15,18). The molecule has 0 saturated carbocycles. The summed E-state index contributed by atoms with van der Waals surface area (Å²) >= 11 is 4.81. The van der Waals surface area contributed by atoms with Crippen molar-refractivity contribution in [2.45, 2.75) is 20.1 Å². The molecule has 18 heavy (non-hydrogen) atoms. The van der Waals surface area contributed by atoms with E-state index >= 15 is 0 Å². The van der Waals surface area contributed by atoms with Crippen molar-refractivity contribution in [1.82, 2.24) is 0 Å². The number of ether oxygens (including phenoxy) is 2. The number of nitrogens with two attached hydrogens (primary N) is 1. The van der Waals surface area contributed by atoms with Crippen LogP contribution in [0.25, 0.3) is 0 Å². The van der Waals surface area contributed by atoms with Gasteiger partial charge in [-0.2, -0.15) is 0 Å². The smallest absolute Gasteiger partial charge is 0.183 e. The van der Waals surface area contributed by atoms with Crippen molar-refractivity contribution in [3.8, 4) is 0 Å². The van der Waals surface area contributed by atoms with E-state index in [2.05, 4.69) is 19.2 Å². The van der Waals surface area contributed by atoms with Crippen molar-refractivity contribution in [2.75, 3.05) is 18.5 Å². The summed E-state index contributed by atoms with van der Waals surface area (Å²) in [6.45, 7) is 5.61. The first kappa shape index (κ1) is 13.3. The topological polar surface area (TPSA) is 56.5 Å². The van der Waals surface area contributed by atoms with E-state index in [1.807, 2.05) is 24.3 Å². The Bertz CT molecular complexity index is 438. The molecule has 1 fully saturated rings. The van der Waals surface area contributed by atoms with Gasteiger partial charge in [0.2, 0.25) is 0 Å². The van der Waals surface area contributed by atoms with E-state index in [1.54, 1.807) is 0 Å². The van der Waals surface area contributed by atoms with Gasteiger partial charge in [-0.3, -0.25) is 0 Å². The Morgan fingerprint density at radius 1 is 1.39 bits per heavy atom. The molecule has 0 atom stereocenters. The maximum Gasteiger partial charge on any atom is 0.183 e. The van der Waals surface area contributed by atoms with Crippen LogP contribution in [0.4, 0.5) is 5.69 Å². The lowest BCUT2D eigenvalue weighted by Crippen LogP contribution is -2.33. The van der Waals surface area contributed by atoms with Crippen LogP contribution in [-0.4, -0.2) is 18.3 Å². The molecular formula is C13H18N2O2S. The first-order valence-corrected chi connectivity index (χ1v) is 6.27. The fraction of sp³-hybridized carbons (Fsp3) is 0.462. The van der Waals surface area contributed by atoms with Crippen molar-refractivity contribution in [3.05, 3.63) is 29.8 Å². The zero-order chi connectivity index (χ0) is 13.2. The van der Waals surface area contributed by atoms with Gasteiger partial charge >= 0.3 is 0 Å². The molecule has 3 N–H and O–H groups in total. The number of thiocarbonyl (C=S) groups is 1. The lowest BCUT2D eigenvalue weighted by atomic mass is 9.95. The molecule has 98 valence electrons. The van der Waals surface area contributed by atoms with Crippen molar-refractivity contribution in [3.63, 3.8) is 0 Å². The Balaban J connectivity index is 2.07. The Hall–Kier alpha value is -1.17. The van der Waals surface area contributed by atoms with Crippen LogP contribution in [0.15, 0.2) is 24.3 Å². The van der Waals surface area contributed by atoms with Gasteiger partial charge in [-0.15, -0.1) is 0 Å². The summed E-state index contributed by atoms with van der Waals surface area (Å²) in [7, 11) is 0. The number of hydrogen-bond acceptors (Lipinski definition) is 3. The lowest BCUT2D eigenvalue weighted by Gasteiger charge is -2.34. The summed E-state index contributed by atoms with van der Waals surface area (Å²) < 4.78 is 11.5. The molecule has 4 nitrogen and oxygen atoms in total. The Labute approximate surface area is 112 Å². The molecule has 1 aromatic rings. The largest absolute Gasteiger partial charge is 0.376 e. The molecule has 1 aliphatic rings. The fourth-order valence-corrected chi connectivity index (χ4v) is 1.91. The van der Waals surface area contributed by atoms with Gasteiger partial charge in [-0.05, 0) is 24.4 Å². The lowest BCUT2D eigenvalue weighted by molar-refractivity contribution is -0.226. The summed E-state index contributed by atoms with van der Waals surface area (Å²) in [6.07, 6.45) is -0.314. The maximum atomic E-state index is 5.73. The second kappa shape index (κ2) is 5.22. The number of nitrogens with one attached hydrogen (secondary N) is 1. The summed E-state index contributed by atoms with van der Waals surface area (Å²) in [5.74, 6) is 0. The molecule has 0 radical (unpaired) electrons. The normalized spacial score (nSPS) is 19.4. The van der Waals surface area contributed by atoms with Crippen LogP contribution < -0.4 is 11.1 Å². The van der Waals surface area contributed by atoms with E-state index in [9.17, 15) is 0 Å². The van der Waals surface area contributed by atoms with Crippen molar-refractivity contribution < 1.29 is 9.47 Å². The molecule has 0 aromatic heterocycles. The SMILES string of the molecule is CC1(C)COC(c2cccc(NC(N)=S)c2)OC1. The van der Waals surface area contributed by atoms with E-state index in [0.717, 1.165) is 11.3 Å². The first-order chi connectivity index (χ1) is 8.46. The molecule has 5 heteroatoms. The third-order valence-electron chi connectivity index (χ3n) is 2.68. The summed E-state index contributed by atoms with van der Waals surface area (Å²) in [6, 6.07) is 7.72. The van der Waals surface area contributed by atoms with Gasteiger partial charge in [0.05, 0.1) is 13.2 Å². The Morgan fingerprint density at radius 2 is 2.06 bits per heavy atom. The van der Waals surface area contributed by atoms with Crippen LogP contribution in [0.1, 0.15) is 25.7 Å². The highest BCUT2D eigenvalue weighted by Gasteiger charge is 2.29. The molecule has 0 amide bonds. The zero-order valence-electron chi connectivity index (χ0n) is 10.6. The summed E-state index contributed by atoms with van der Waals surface area (Å²) in [4.78, 5) is 0. The summed E-state index contributed by atoms with van der Waals surface area (Å²) in [5, 5.41) is 3.15. The highest BCUT2D eigenvalue weighted by molar-refractivity contribution is 7.80. The van der Waals surface area contributed by atoms with Crippen molar-refractivity contribution in [2.24, 2.45) is 11.1 Å². The van der Waals surface area contributed by atoms with Gasteiger partial charge in [-0.25, -0.2) is 0 Å². The number of benzene rings is 1. The average molecular weight is 266 g/mol. The molecular weight excluding hydrogens is 248 g/mol.